The number of carbonyl (C=O) groups excluding carboxylic acids is 2. The first kappa shape index (κ1) is 30.8. The molecule has 0 saturated heterocycles. The number of fused-ring (bicyclic) bond motifs is 1. The van der Waals surface area contributed by atoms with Crippen molar-refractivity contribution in [3.05, 3.63) is 114 Å². The van der Waals surface area contributed by atoms with Gasteiger partial charge in [0.05, 0.1) is 18.4 Å². The van der Waals surface area contributed by atoms with Crippen molar-refractivity contribution >= 4 is 51.0 Å². The zero-order valence-corrected chi connectivity index (χ0v) is 26.0. The van der Waals surface area contributed by atoms with Crippen molar-refractivity contribution in [1.82, 2.24) is 4.98 Å². The highest BCUT2D eigenvalue weighted by Gasteiger charge is 2.24. The normalized spacial score (nSPS) is 11.0. The molecule has 0 bridgehead atoms. The number of ketones is 1. The number of methoxy groups -OCH3 is 1. The Labute approximate surface area is 263 Å². The van der Waals surface area contributed by atoms with Crippen LogP contribution in [-0.4, -0.2) is 30.3 Å². The van der Waals surface area contributed by atoms with Crippen LogP contribution < -0.4 is 20.3 Å². The third kappa shape index (κ3) is 6.48. The van der Waals surface area contributed by atoms with Crippen LogP contribution in [0.15, 0.2) is 97.2 Å². The third-order valence-electron chi connectivity index (χ3n) is 7.59. The molecule has 0 aliphatic carbocycles. The molecule has 45 heavy (non-hydrogen) atoms. The van der Waals surface area contributed by atoms with E-state index in [1.807, 2.05) is 87.5 Å². The van der Waals surface area contributed by atoms with Gasteiger partial charge in [-0.15, -0.1) is 0 Å². The standard InChI is InChI=1S/C37H35N5O3/c1-6-42(27-12-8-7-9-13-27)33-22-26(18-19-39-33)40-31-17-16-30(28-14-10-11-15-29(28)31)34(43)36(44)41-32-21-25(37(2,3)4)20-24(23-38)35(32)45-5/h7-22H,6H2,1-5H3,(H,39,40)(H,41,44). The highest BCUT2D eigenvalue weighted by atomic mass is 16.5. The smallest absolute Gasteiger partial charge is 0.296 e. The number of aromatic nitrogens is 1. The number of rotatable bonds is 9. The summed E-state index contributed by atoms with van der Waals surface area (Å²) in [5.74, 6) is -0.519. The maximum absolute atomic E-state index is 13.6. The van der Waals surface area contributed by atoms with Crippen molar-refractivity contribution in [2.75, 3.05) is 29.2 Å². The third-order valence-corrected chi connectivity index (χ3v) is 7.59. The summed E-state index contributed by atoms with van der Waals surface area (Å²) in [6.07, 6.45) is 1.76. The molecule has 1 aromatic heterocycles. The summed E-state index contributed by atoms with van der Waals surface area (Å²) in [5, 5.41) is 17.3. The van der Waals surface area contributed by atoms with E-state index in [9.17, 15) is 14.9 Å². The van der Waals surface area contributed by atoms with Crippen LogP contribution in [0.3, 0.4) is 0 Å². The molecule has 0 spiro atoms. The van der Waals surface area contributed by atoms with Gasteiger partial charge in [0, 0.05) is 46.8 Å². The predicted molar refractivity (Wildman–Crippen MR) is 180 cm³/mol. The Hall–Kier alpha value is -5.68. The molecular weight excluding hydrogens is 562 g/mol. The summed E-state index contributed by atoms with van der Waals surface area (Å²) >= 11 is 0. The highest BCUT2D eigenvalue weighted by molar-refractivity contribution is 6.48. The second-order valence-electron chi connectivity index (χ2n) is 11.6. The fourth-order valence-corrected chi connectivity index (χ4v) is 5.25. The predicted octanol–water partition coefficient (Wildman–Crippen LogP) is 8.14. The van der Waals surface area contributed by atoms with E-state index in [2.05, 4.69) is 33.5 Å². The number of carbonyl (C=O) groups is 2. The maximum atomic E-state index is 13.6. The molecular formula is C37H35N5O3. The first-order valence-corrected chi connectivity index (χ1v) is 14.7. The summed E-state index contributed by atoms with van der Waals surface area (Å²) < 4.78 is 5.46. The van der Waals surface area contributed by atoms with E-state index in [1.165, 1.54) is 7.11 Å². The molecule has 0 fully saturated rings. The van der Waals surface area contributed by atoms with Gasteiger partial charge >= 0.3 is 0 Å². The van der Waals surface area contributed by atoms with Crippen LogP contribution in [-0.2, 0) is 10.2 Å². The minimum atomic E-state index is -0.826. The van der Waals surface area contributed by atoms with Crippen molar-refractivity contribution in [3.63, 3.8) is 0 Å². The van der Waals surface area contributed by atoms with Gasteiger partial charge in [0.25, 0.3) is 11.7 Å². The zero-order valence-electron chi connectivity index (χ0n) is 26.0. The second-order valence-corrected chi connectivity index (χ2v) is 11.6. The van der Waals surface area contributed by atoms with Gasteiger partial charge in [0.1, 0.15) is 11.9 Å². The van der Waals surface area contributed by atoms with E-state index >= 15 is 0 Å². The summed E-state index contributed by atoms with van der Waals surface area (Å²) in [6, 6.07) is 30.5. The summed E-state index contributed by atoms with van der Waals surface area (Å²) in [5.41, 5.74) is 3.99. The Morgan fingerprint density at radius 1 is 0.911 bits per heavy atom. The fourth-order valence-electron chi connectivity index (χ4n) is 5.25. The number of hydrogen-bond acceptors (Lipinski definition) is 7. The van der Waals surface area contributed by atoms with Crippen LogP contribution in [0.4, 0.5) is 28.6 Å². The number of Topliss-reactive ketones (excluding diaryl/α,β-unsaturated/α-hetero) is 1. The molecule has 226 valence electrons. The molecule has 0 aliphatic heterocycles. The topological polar surface area (TPSA) is 107 Å². The minimum absolute atomic E-state index is 0.210. The largest absolute Gasteiger partial charge is 0.493 e. The molecule has 0 saturated carbocycles. The van der Waals surface area contributed by atoms with Crippen LogP contribution in [0.1, 0.15) is 49.2 Å². The lowest BCUT2D eigenvalue weighted by Gasteiger charge is -2.23. The Morgan fingerprint density at radius 2 is 1.62 bits per heavy atom. The average molecular weight is 598 g/mol. The summed E-state index contributed by atoms with van der Waals surface area (Å²) in [7, 11) is 1.43. The SMILES string of the molecule is CCN(c1ccccc1)c1cc(Nc2ccc(C(=O)C(=O)Nc3cc(C(C)(C)C)cc(C#N)c3OC)c3ccccc23)ccn1. The van der Waals surface area contributed by atoms with Crippen LogP contribution in [0.25, 0.3) is 10.8 Å². The average Bonchev–Trinajstić information content (AvgIpc) is 3.05. The number of nitrogens with zero attached hydrogens (tertiary/aromatic N) is 3. The van der Waals surface area contributed by atoms with Gasteiger partial charge in [-0.05, 0) is 65.8 Å². The molecule has 1 heterocycles. The van der Waals surface area contributed by atoms with Gasteiger partial charge in [-0.25, -0.2) is 4.98 Å². The van der Waals surface area contributed by atoms with E-state index in [0.29, 0.717) is 5.39 Å². The van der Waals surface area contributed by atoms with Crippen molar-refractivity contribution in [3.8, 4) is 11.8 Å². The molecule has 0 radical (unpaired) electrons. The number of pyridine rings is 1. The number of hydrogen-bond donors (Lipinski definition) is 2. The van der Waals surface area contributed by atoms with Gasteiger partial charge in [-0.2, -0.15) is 5.26 Å². The van der Waals surface area contributed by atoms with E-state index in [1.54, 1.807) is 30.5 Å². The van der Waals surface area contributed by atoms with E-state index < -0.39 is 11.7 Å². The van der Waals surface area contributed by atoms with Gasteiger partial charge in [0.2, 0.25) is 0 Å². The number of benzene rings is 4. The van der Waals surface area contributed by atoms with Gasteiger partial charge in [-0.1, -0.05) is 63.2 Å². The number of amides is 1. The molecule has 4 aromatic carbocycles. The number of anilines is 5. The lowest BCUT2D eigenvalue weighted by atomic mass is 9.85. The molecule has 8 nitrogen and oxygen atoms in total. The monoisotopic (exact) mass is 597 g/mol. The molecule has 0 unspecified atom stereocenters. The Bertz CT molecular complexity index is 1920. The van der Waals surface area contributed by atoms with Crippen molar-refractivity contribution < 1.29 is 14.3 Å². The van der Waals surface area contributed by atoms with Crippen LogP contribution >= 0.6 is 0 Å². The Balaban J connectivity index is 1.45. The minimum Gasteiger partial charge on any atom is -0.493 e. The molecule has 1 amide bonds. The second kappa shape index (κ2) is 12.9. The number of nitrogens with one attached hydrogen (secondary N) is 2. The van der Waals surface area contributed by atoms with Crippen molar-refractivity contribution in [2.24, 2.45) is 0 Å². The Morgan fingerprint density at radius 3 is 2.29 bits per heavy atom. The number of ether oxygens (including phenoxy) is 1. The van der Waals surface area contributed by atoms with Crippen molar-refractivity contribution in [2.45, 2.75) is 33.1 Å². The maximum Gasteiger partial charge on any atom is 0.296 e. The van der Waals surface area contributed by atoms with Crippen LogP contribution in [0.2, 0.25) is 0 Å². The summed E-state index contributed by atoms with van der Waals surface area (Å²) in [6.45, 7) is 8.83. The van der Waals surface area contributed by atoms with Gasteiger partial charge < -0.3 is 20.3 Å². The summed E-state index contributed by atoms with van der Waals surface area (Å²) in [4.78, 5) is 33.7. The zero-order chi connectivity index (χ0) is 32.1. The Kier molecular flexibility index (Phi) is 8.82. The van der Waals surface area contributed by atoms with Crippen molar-refractivity contribution in [1.29, 1.82) is 5.26 Å². The lowest BCUT2D eigenvalue weighted by Crippen LogP contribution is -2.24. The van der Waals surface area contributed by atoms with E-state index in [-0.39, 0.29) is 28.0 Å². The quantitative estimate of drug-likeness (QED) is 0.130. The molecule has 2 N–H and O–H groups in total. The van der Waals surface area contributed by atoms with Crippen LogP contribution in [0.5, 0.6) is 5.75 Å². The molecule has 5 rings (SSSR count). The van der Waals surface area contributed by atoms with Gasteiger partial charge in [-0.3, -0.25) is 9.59 Å². The van der Waals surface area contributed by atoms with Gasteiger partial charge in [0.15, 0.2) is 5.75 Å². The fraction of sp³-hybridized carbons (Fsp3) is 0.189. The van der Waals surface area contributed by atoms with E-state index in [4.69, 9.17) is 4.74 Å². The number of nitriles is 1. The highest BCUT2D eigenvalue weighted by Crippen LogP contribution is 2.36. The molecule has 5 aromatic rings. The molecule has 8 heteroatoms. The van der Waals surface area contributed by atoms with Crippen LogP contribution in [0, 0.1) is 11.3 Å². The number of para-hydroxylation sites is 1. The lowest BCUT2D eigenvalue weighted by molar-refractivity contribution is -0.112. The molecule has 0 atom stereocenters. The first-order valence-electron chi connectivity index (χ1n) is 14.7. The van der Waals surface area contributed by atoms with E-state index in [0.717, 1.165) is 40.4 Å². The first-order chi connectivity index (χ1) is 21.6. The molecule has 0 aliphatic rings.